The highest BCUT2D eigenvalue weighted by atomic mass is 35.5. The zero-order chi connectivity index (χ0) is 24.5. The van der Waals surface area contributed by atoms with E-state index in [2.05, 4.69) is 10.1 Å². The molecule has 2 atom stereocenters. The predicted octanol–water partition coefficient (Wildman–Crippen LogP) is 4.35. The summed E-state index contributed by atoms with van der Waals surface area (Å²) in [6.45, 7) is -2.20. The molecule has 1 aliphatic carbocycles. The fourth-order valence-electron chi connectivity index (χ4n) is 3.98. The molecule has 7 nitrogen and oxygen atoms in total. The van der Waals surface area contributed by atoms with Crippen molar-refractivity contribution in [1.82, 2.24) is 5.32 Å². The number of aliphatic carboxylic acids is 1. The summed E-state index contributed by atoms with van der Waals surface area (Å²) in [5, 5.41) is 23.4. The average molecular weight is 536 g/mol. The van der Waals surface area contributed by atoms with Gasteiger partial charge >= 0.3 is 12.6 Å². The van der Waals surface area contributed by atoms with Gasteiger partial charge in [0.25, 0.3) is 0 Å². The van der Waals surface area contributed by atoms with E-state index < -0.39 is 23.4 Å². The van der Waals surface area contributed by atoms with E-state index in [9.17, 15) is 23.9 Å². The number of pyridine rings is 1. The number of aromatic nitrogens is 1. The lowest BCUT2D eigenvalue weighted by molar-refractivity contribution is -0.904. The van der Waals surface area contributed by atoms with Crippen molar-refractivity contribution in [3.63, 3.8) is 0 Å². The first-order chi connectivity index (χ1) is 16.2. The standard InChI is InChI=1S/C22H22Cl2F2N2O5S/c23-16-9-28(31)10-17(24)14(16)8-15(22(20(29)30)27-5-6-34-22)13-3-4-18(33-21(25)26)19(7-13)32-11-12-1-2-12/h3-4,7,9-10,12,15,21,27H,1-2,5-6,8,11H2,(H-,29,30,31)/p+1/t15-,22-/m0/s1. The normalized spacial score (nSPS) is 21.0. The molecule has 184 valence electrons. The monoisotopic (exact) mass is 535 g/mol. The number of carboxylic acids is 1. The molecule has 2 aliphatic rings. The highest BCUT2D eigenvalue weighted by Gasteiger charge is 2.50. The van der Waals surface area contributed by atoms with Crippen molar-refractivity contribution in [2.45, 2.75) is 36.7 Å². The Labute approximate surface area is 208 Å². The number of hydrogen-bond acceptors (Lipinski definition) is 6. The highest BCUT2D eigenvalue weighted by Crippen LogP contribution is 2.46. The van der Waals surface area contributed by atoms with Crippen LogP contribution < -0.4 is 19.5 Å². The number of ether oxygens (including phenoxy) is 2. The van der Waals surface area contributed by atoms with Crippen LogP contribution >= 0.6 is 35.0 Å². The minimum Gasteiger partial charge on any atom is -0.489 e. The molecule has 2 fully saturated rings. The van der Waals surface area contributed by atoms with E-state index in [4.69, 9.17) is 27.9 Å². The first-order valence-electron chi connectivity index (χ1n) is 10.6. The average Bonchev–Trinajstić information content (AvgIpc) is 3.46. The summed E-state index contributed by atoms with van der Waals surface area (Å²) in [5.74, 6) is -0.862. The second kappa shape index (κ2) is 10.3. The molecule has 1 aromatic heterocycles. The summed E-state index contributed by atoms with van der Waals surface area (Å²) in [5.41, 5.74) is 0.978. The molecule has 1 aliphatic heterocycles. The minimum atomic E-state index is -3.03. The fourth-order valence-corrected chi connectivity index (χ4v) is 5.87. The number of nitrogens with zero attached hydrogens (tertiary/aromatic N) is 1. The van der Waals surface area contributed by atoms with Gasteiger partial charge < -0.3 is 14.6 Å². The van der Waals surface area contributed by atoms with Crippen molar-refractivity contribution < 1.29 is 38.1 Å². The van der Waals surface area contributed by atoms with Crippen molar-refractivity contribution >= 4 is 40.9 Å². The molecule has 0 amide bonds. The summed E-state index contributed by atoms with van der Waals surface area (Å²) in [7, 11) is 0. The Hall–Kier alpha value is -2.01. The summed E-state index contributed by atoms with van der Waals surface area (Å²) < 4.78 is 37.1. The van der Waals surface area contributed by atoms with Crippen LogP contribution in [-0.2, 0) is 11.2 Å². The lowest BCUT2D eigenvalue weighted by Gasteiger charge is -2.34. The summed E-state index contributed by atoms with van der Waals surface area (Å²) in [6, 6.07) is 4.46. The SMILES string of the molecule is O=C(O)[C@@]1([C@@H](Cc2c(Cl)c[n+](O)cc2Cl)c2ccc(OC(F)F)c(OCC3CC3)c2)NCCS1. The molecule has 12 heteroatoms. The second-order valence-corrected chi connectivity index (χ2v) is 10.4. The van der Waals surface area contributed by atoms with Gasteiger partial charge in [0.15, 0.2) is 16.4 Å². The quantitative estimate of drug-likeness (QED) is 0.307. The van der Waals surface area contributed by atoms with E-state index in [0.717, 1.165) is 17.6 Å². The Morgan fingerprint density at radius 2 is 1.97 bits per heavy atom. The molecule has 0 bridgehead atoms. The van der Waals surface area contributed by atoms with Crippen LogP contribution in [0, 0.1) is 5.92 Å². The molecule has 1 saturated carbocycles. The third kappa shape index (κ3) is 5.45. The lowest BCUT2D eigenvalue weighted by atomic mass is 9.85. The number of benzene rings is 1. The topological polar surface area (TPSA) is 91.9 Å². The second-order valence-electron chi connectivity index (χ2n) is 8.22. The van der Waals surface area contributed by atoms with Crippen molar-refractivity contribution in [3.05, 3.63) is 51.8 Å². The molecule has 3 N–H and O–H groups in total. The third-order valence-electron chi connectivity index (χ3n) is 5.86. The molecule has 4 rings (SSSR count). The van der Waals surface area contributed by atoms with E-state index in [1.54, 1.807) is 12.1 Å². The van der Waals surface area contributed by atoms with Gasteiger partial charge in [0.1, 0.15) is 10.0 Å². The van der Waals surface area contributed by atoms with Gasteiger partial charge in [-0.05, 0) is 42.9 Å². The van der Waals surface area contributed by atoms with Crippen LogP contribution in [-0.4, -0.2) is 46.7 Å². The van der Waals surface area contributed by atoms with Gasteiger partial charge in [-0.2, -0.15) is 8.78 Å². The molecule has 0 radical (unpaired) electrons. The van der Waals surface area contributed by atoms with Gasteiger partial charge in [-0.3, -0.25) is 10.5 Å². The van der Waals surface area contributed by atoms with E-state index in [0.29, 0.717) is 35.9 Å². The molecule has 0 unspecified atom stereocenters. The third-order valence-corrected chi connectivity index (χ3v) is 7.98. The lowest BCUT2D eigenvalue weighted by Crippen LogP contribution is -2.51. The number of halogens is 4. The van der Waals surface area contributed by atoms with Crippen LogP contribution in [0.2, 0.25) is 10.0 Å². The molecule has 1 aromatic carbocycles. The maximum absolute atomic E-state index is 13.0. The Morgan fingerprint density at radius 1 is 1.26 bits per heavy atom. The Balaban J connectivity index is 1.78. The number of rotatable bonds is 10. The zero-order valence-corrected chi connectivity index (χ0v) is 20.2. The Kier molecular flexibility index (Phi) is 7.61. The molecule has 1 saturated heterocycles. The number of hydrogen-bond donors (Lipinski definition) is 3. The van der Waals surface area contributed by atoms with E-state index >= 15 is 0 Å². The molecular formula is C22H23Cl2F2N2O5S+. The van der Waals surface area contributed by atoms with E-state index in [-0.39, 0.29) is 28.0 Å². The first kappa shape index (κ1) is 25.1. The molecule has 2 aromatic rings. The van der Waals surface area contributed by atoms with Crippen LogP contribution in [0.5, 0.6) is 11.5 Å². The van der Waals surface area contributed by atoms with Crippen molar-refractivity contribution in [2.24, 2.45) is 5.92 Å². The summed E-state index contributed by atoms with van der Waals surface area (Å²) in [6.07, 6.45) is 4.62. The smallest absolute Gasteiger partial charge is 0.387 e. The van der Waals surface area contributed by atoms with Crippen molar-refractivity contribution in [3.8, 4) is 11.5 Å². The van der Waals surface area contributed by atoms with Crippen LogP contribution in [0.4, 0.5) is 8.78 Å². The summed E-state index contributed by atoms with van der Waals surface area (Å²) >= 11 is 13.9. The van der Waals surface area contributed by atoms with E-state index in [1.807, 2.05) is 0 Å². The van der Waals surface area contributed by atoms with Crippen LogP contribution in [0.1, 0.15) is 29.9 Å². The highest BCUT2D eigenvalue weighted by molar-refractivity contribution is 8.01. The van der Waals surface area contributed by atoms with Gasteiger partial charge in [-0.25, -0.2) is 4.79 Å². The number of alkyl halides is 2. The zero-order valence-electron chi connectivity index (χ0n) is 17.8. The van der Waals surface area contributed by atoms with Crippen LogP contribution in [0.15, 0.2) is 30.6 Å². The summed E-state index contributed by atoms with van der Waals surface area (Å²) in [4.78, 5) is 11.1. The largest absolute Gasteiger partial charge is 0.489 e. The van der Waals surface area contributed by atoms with Gasteiger partial charge in [-0.1, -0.05) is 29.3 Å². The Bertz CT molecular complexity index is 1040. The maximum atomic E-state index is 13.0. The predicted molar refractivity (Wildman–Crippen MR) is 122 cm³/mol. The first-order valence-corrected chi connectivity index (χ1v) is 12.4. The van der Waals surface area contributed by atoms with Gasteiger partial charge in [0.2, 0.25) is 12.4 Å². The molecular weight excluding hydrogens is 513 g/mol. The van der Waals surface area contributed by atoms with Gasteiger partial charge in [0, 0.05) is 28.5 Å². The number of thioether (sulfide) groups is 1. The molecule has 0 spiro atoms. The Morgan fingerprint density at radius 3 is 2.53 bits per heavy atom. The number of carbonyl (C=O) groups is 1. The number of carboxylic acid groups (broad SMARTS) is 1. The van der Waals surface area contributed by atoms with Crippen LogP contribution in [0.3, 0.4) is 0 Å². The van der Waals surface area contributed by atoms with Crippen molar-refractivity contribution in [1.29, 1.82) is 0 Å². The molecule has 34 heavy (non-hydrogen) atoms. The maximum Gasteiger partial charge on any atom is 0.387 e. The number of nitrogens with one attached hydrogen (secondary N) is 1. The molecule has 2 heterocycles. The van der Waals surface area contributed by atoms with Crippen molar-refractivity contribution in [2.75, 3.05) is 18.9 Å². The van der Waals surface area contributed by atoms with Gasteiger partial charge in [-0.15, -0.1) is 11.8 Å². The van der Waals surface area contributed by atoms with E-state index in [1.165, 1.54) is 30.2 Å². The van der Waals surface area contributed by atoms with Crippen LogP contribution in [0.25, 0.3) is 0 Å². The minimum absolute atomic E-state index is 0.0991. The van der Waals surface area contributed by atoms with Gasteiger partial charge in [0.05, 0.1) is 6.61 Å². The fraction of sp³-hybridized carbons (Fsp3) is 0.455.